The first kappa shape index (κ1) is 17.5. The molecular weight excluding hydrogens is 334 g/mol. The number of hydrogen-bond donors (Lipinski definition) is 0. The van der Waals surface area contributed by atoms with Gasteiger partial charge in [-0.15, -0.1) is 0 Å². The second-order valence-corrected chi connectivity index (χ2v) is 6.22. The van der Waals surface area contributed by atoms with Crippen molar-refractivity contribution < 1.29 is 22.4 Å². The number of hydrogen-bond acceptors (Lipinski definition) is 1. The Labute approximate surface area is 143 Å². The lowest BCUT2D eigenvalue weighted by atomic mass is 9.96. The minimum atomic E-state index is -4.47. The fourth-order valence-corrected chi connectivity index (χ4v) is 3.06. The Balaban J connectivity index is 1.97. The molecule has 1 saturated heterocycles. The van der Waals surface area contributed by atoms with Crippen molar-refractivity contribution in [2.45, 2.75) is 25.9 Å². The van der Waals surface area contributed by atoms with Gasteiger partial charge in [0.05, 0.1) is 11.1 Å². The molecule has 0 spiro atoms. The molecule has 132 valence electrons. The van der Waals surface area contributed by atoms with Gasteiger partial charge in [-0.05, 0) is 60.7 Å². The van der Waals surface area contributed by atoms with Crippen molar-refractivity contribution in [3.63, 3.8) is 0 Å². The Bertz CT molecular complexity index is 808. The molecule has 1 fully saturated rings. The average Bonchev–Trinajstić information content (AvgIpc) is 3.08. The number of nitrogens with zero attached hydrogens (tertiary/aromatic N) is 1. The Hall–Kier alpha value is -2.37. The van der Waals surface area contributed by atoms with Gasteiger partial charge < -0.3 is 4.90 Å². The van der Waals surface area contributed by atoms with Crippen LogP contribution in [-0.2, 0) is 6.18 Å². The van der Waals surface area contributed by atoms with E-state index in [4.69, 9.17) is 0 Å². The summed E-state index contributed by atoms with van der Waals surface area (Å²) in [5.41, 5.74) is 0.389. The summed E-state index contributed by atoms with van der Waals surface area (Å²) < 4.78 is 53.2. The quantitative estimate of drug-likeness (QED) is 0.693. The van der Waals surface area contributed by atoms with Crippen LogP contribution in [0.4, 0.5) is 17.6 Å². The summed E-state index contributed by atoms with van der Waals surface area (Å²) in [6.07, 6.45) is -2.67. The lowest BCUT2D eigenvalue weighted by Gasteiger charge is -2.16. The van der Waals surface area contributed by atoms with Crippen LogP contribution in [0.3, 0.4) is 0 Å². The van der Waals surface area contributed by atoms with E-state index >= 15 is 0 Å². The van der Waals surface area contributed by atoms with Gasteiger partial charge >= 0.3 is 6.18 Å². The van der Waals surface area contributed by atoms with Gasteiger partial charge in [0.2, 0.25) is 0 Å². The fourth-order valence-electron chi connectivity index (χ4n) is 3.06. The van der Waals surface area contributed by atoms with Crippen LogP contribution >= 0.6 is 0 Å². The molecule has 0 aromatic heterocycles. The average molecular weight is 351 g/mol. The van der Waals surface area contributed by atoms with Gasteiger partial charge in [-0.25, -0.2) is 4.39 Å². The van der Waals surface area contributed by atoms with Gasteiger partial charge in [-0.3, -0.25) is 4.79 Å². The van der Waals surface area contributed by atoms with Crippen LogP contribution < -0.4 is 0 Å². The van der Waals surface area contributed by atoms with Crippen molar-refractivity contribution in [3.05, 3.63) is 58.9 Å². The summed E-state index contributed by atoms with van der Waals surface area (Å²) in [7, 11) is 0. The maximum Gasteiger partial charge on any atom is 0.416 e. The van der Waals surface area contributed by atoms with E-state index in [-0.39, 0.29) is 11.5 Å². The molecule has 2 aromatic rings. The number of amides is 1. The van der Waals surface area contributed by atoms with Gasteiger partial charge in [0, 0.05) is 13.1 Å². The highest BCUT2D eigenvalue weighted by Crippen LogP contribution is 2.34. The van der Waals surface area contributed by atoms with Crippen molar-refractivity contribution in [1.82, 2.24) is 4.90 Å². The summed E-state index contributed by atoms with van der Waals surface area (Å²) in [5.74, 6) is -1.09. The molecule has 2 nitrogen and oxygen atoms in total. The Kier molecular flexibility index (Phi) is 4.54. The van der Waals surface area contributed by atoms with Crippen LogP contribution in [0, 0.1) is 12.7 Å². The first-order valence-corrected chi connectivity index (χ1v) is 8.04. The van der Waals surface area contributed by atoms with E-state index in [1.165, 1.54) is 18.2 Å². The second-order valence-electron chi connectivity index (χ2n) is 6.22. The SMILES string of the molecule is Cc1ccc(C(F)(F)F)cc1-c1ccc(C(=O)N2CCCC2)c(F)c1. The van der Waals surface area contributed by atoms with Crippen LogP contribution in [0.5, 0.6) is 0 Å². The van der Waals surface area contributed by atoms with E-state index in [0.29, 0.717) is 29.8 Å². The van der Waals surface area contributed by atoms with E-state index in [0.717, 1.165) is 31.0 Å². The molecule has 0 atom stereocenters. The monoisotopic (exact) mass is 351 g/mol. The maximum atomic E-state index is 14.4. The molecule has 0 unspecified atom stereocenters. The Morgan fingerprint density at radius 3 is 2.32 bits per heavy atom. The van der Waals surface area contributed by atoms with Gasteiger partial charge in [-0.1, -0.05) is 12.1 Å². The largest absolute Gasteiger partial charge is 0.416 e. The van der Waals surface area contributed by atoms with E-state index in [1.807, 2.05) is 0 Å². The predicted molar refractivity (Wildman–Crippen MR) is 86.7 cm³/mol. The molecule has 6 heteroatoms. The molecule has 0 saturated carbocycles. The van der Waals surface area contributed by atoms with Gasteiger partial charge in [0.15, 0.2) is 0 Å². The molecule has 2 aromatic carbocycles. The molecule has 1 heterocycles. The molecule has 0 N–H and O–H groups in total. The van der Waals surface area contributed by atoms with Crippen LogP contribution in [0.2, 0.25) is 0 Å². The lowest BCUT2D eigenvalue weighted by molar-refractivity contribution is -0.137. The minimum Gasteiger partial charge on any atom is -0.339 e. The molecule has 0 bridgehead atoms. The summed E-state index contributed by atoms with van der Waals surface area (Å²) in [4.78, 5) is 13.9. The fraction of sp³-hybridized carbons (Fsp3) is 0.316. The third kappa shape index (κ3) is 3.52. The third-order valence-electron chi connectivity index (χ3n) is 4.47. The molecular formula is C19H17F4NO. The second kappa shape index (κ2) is 6.50. The Morgan fingerprint density at radius 1 is 1.04 bits per heavy atom. The van der Waals surface area contributed by atoms with E-state index in [9.17, 15) is 22.4 Å². The molecule has 1 amide bonds. The van der Waals surface area contributed by atoms with E-state index in [2.05, 4.69) is 0 Å². The first-order valence-electron chi connectivity index (χ1n) is 8.04. The van der Waals surface area contributed by atoms with Crippen LogP contribution in [0.25, 0.3) is 11.1 Å². The zero-order chi connectivity index (χ0) is 18.2. The first-order chi connectivity index (χ1) is 11.8. The lowest BCUT2D eigenvalue weighted by Crippen LogP contribution is -2.28. The highest BCUT2D eigenvalue weighted by atomic mass is 19.4. The normalized spacial score (nSPS) is 14.8. The highest BCUT2D eigenvalue weighted by molar-refractivity contribution is 5.95. The standard InChI is InChI=1S/C19H17F4NO/c1-12-4-6-14(19(21,22)23)11-16(12)13-5-7-15(17(20)10-13)18(25)24-8-2-3-9-24/h4-7,10-11H,2-3,8-9H2,1H3. The van der Waals surface area contributed by atoms with E-state index < -0.39 is 17.6 Å². The van der Waals surface area contributed by atoms with Crippen molar-refractivity contribution in [1.29, 1.82) is 0 Å². The van der Waals surface area contributed by atoms with Crippen molar-refractivity contribution in [2.75, 3.05) is 13.1 Å². The molecule has 0 radical (unpaired) electrons. The topological polar surface area (TPSA) is 20.3 Å². The summed E-state index contributed by atoms with van der Waals surface area (Å²) >= 11 is 0. The number of likely N-dealkylation sites (tertiary alicyclic amines) is 1. The summed E-state index contributed by atoms with van der Waals surface area (Å²) in [5, 5.41) is 0. The number of rotatable bonds is 2. The number of carbonyl (C=O) groups is 1. The van der Waals surface area contributed by atoms with Crippen LogP contribution in [0.15, 0.2) is 36.4 Å². The summed E-state index contributed by atoms with van der Waals surface area (Å²) in [6.45, 7) is 2.87. The van der Waals surface area contributed by atoms with Gasteiger partial charge in [0.1, 0.15) is 5.82 Å². The highest BCUT2D eigenvalue weighted by Gasteiger charge is 2.31. The molecule has 25 heavy (non-hydrogen) atoms. The molecule has 1 aliphatic rings. The predicted octanol–water partition coefficient (Wildman–Crippen LogP) is 5.06. The number of benzene rings is 2. The third-order valence-corrected chi connectivity index (χ3v) is 4.47. The van der Waals surface area contributed by atoms with Gasteiger partial charge in [0.25, 0.3) is 5.91 Å². The van der Waals surface area contributed by atoms with Crippen molar-refractivity contribution in [2.24, 2.45) is 0 Å². The van der Waals surface area contributed by atoms with E-state index in [1.54, 1.807) is 11.8 Å². The van der Waals surface area contributed by atoms with Crippen molar-refractivity contribution in [3.8, 4) is 11.1 Å². The van der Waals surface area contributed by atoms with Crippen LogP contribution in [-0.4, -0.2) is 23.9 Å². The Morgan fingerprint density at radius 2 is 1.72 bits per heavy atom. The van der Waals surface area contributed by atoms with Crippen LogP contribution in [0.1, 0.15) is 34.3 Å². The summed E-state index contributed by atoms with van der Waals surface area (Å²) in [6, 6.07) is 7.34. The number of halogens is 4. The zero-order valence-corrected chi connectivity index (χ0v) is 13.7. The van der Waals surface area contributed by atoms with Crippen molar-refractivity contribution >= 4 is 5.91 Å². The zero-order valence-electron chi connectivity index (χ0n) is 13.7. The van der Waals surface area contributed by atoms with Gasteiger partial charge in [-0.2, -0.15) is 13.2 Å². The molecule has 1 aliphatic heterocycles. The molecule has 0 aliphatic carbocycles. The smallest absolute Gasteiger partial charge is 0.339 e. The molecule has 3 rings (SSSR count). The number of carbonyl (C=O) groups excluding carboxylic acids is 1. The minimum absolute atomic E-state index is 0.0460. The number of aryl methyl sites for hydroxylation is 1. The number of alkyl halides is 3. The maximum absolute atomic E-state index is 14.4.